The molecule has 0 radical (unpaired) electrons. The molecule has 2 nitrogen and oxygen atoms in total. The first-order valence-corrected chi connectivity index (χ1v) is 8.43. The number of hydrogen-bond donors (Lipinski definition) is 1. The maximum Gasteiger partial charge on any atom is 0.173 e. The monoisotopic (exact) mass is 396 g/mol. The Morgan fingerprint density at radius 1 is 0.950 bits per heavy atom. The summed E-state index contributed by atoms with van der Waals surface area (Å²) in [7, 11) is 0. The van der Waals surface area contributed by atoms with Crippen molar-refractivity contribution in [1.29, 1.82) is 0 Å². The lowest BCUT2D eigenvalue weighted by molar-refractivity contribution is 0.102. The van der Waals surface area contributed by atoms with Gasteiger partial charge < -0.3 is 5.11 Å². The molecule has 0 aliphatic heterocycles. The minimum atomic E-state index is -0.483. The van der Waals surface area contributed by atoms with Gasteiger partial charge in [0.15, 0.2) is 5.78 Å². The molecule has 1 N–H and O–H groups in total. The first-order valence-electron chi connectivity index (χ1n) is 6.19. The summed E-state index contributed by atoms with van der Waals surface area (Å²) in [6.07, 6.45) is -0.483. The zero-order valence-corrected chi connectivity index (χ0v) is 13.9. The summed E-state index contributed by atoms with van der Waals surface area (Å²) in [5.74, 6) is 0.0762. The number of aliphatic hydroxyl groups excluding tert-OH is 1. The fourth-order valence-electron chi connectivity index (χ4n) is 1.91. The van der Waals surface area contributed by atoms with Gasteiger partial charge in [0.05, 0.1) is 11.4 Å². The van der Waals surface area contributed by atoms with Gasteiger partial charge in [-0.05, 0) is 16.7 Å². The van der Waals surface area contributed by atoms with Crippen molar-refractivity contribution in [3.63, 3.8) is 0 Å². The number of aliphatic hydroxyl groups is 1. The summed E-state index contributed by atoms with van der Waals surface area (Å²) in [6.45, 7) is 0. The SMILES string of the molecule is O=C(CBr)c1ccc(-c2ccc(C(O)CBr)cc2)cc1. The Hall–Kier alpha value is -0.970. The second kappa shape index (κ2) is 7.16. The summed E-state index contributed by atoms with van der Waals surface area (Å²) < 4.78 is 0. The molecule has 1 unspecified atom stereocenters. The van der Waals surface area contributed by atoms with Gasteiger partial charge in [0.25, 0.3) is 0 Å². The lowest BCUT2D eigenvalue weighted by atomic mass is 10.0. The number of hydrogen-bond acceptors (Lipinski definition) is 2. The molecule has 20 heavy (non-hydrogen) atoms. The Kier molecular flexibility index (Phi) is 5.52. The standard InChI is InChI=1S/C16H14Br2O2/c17-9-15(19)13-5-1-11(2-6-13)12-3-7-14(8-4-12)16(20)10-18/h1-8,15,19H,9-10H2. The van der Waals surface area contributed by atoms with Crippen molar-refractivity contribution in [2.45, 2.75) is 6.10 Å². The smallest absolute Gasteiger partial charge is 0.173 e. The fourth-order valence-corrected chi connectivity index (χ4v) is 2.61. The van der Waals surface area contributed by atoms with Crippen LogP contribution in [0.4, 0.5) is 0 Å². The van der Waals surface area contributed by atoms with Gasteiger partial charge >= 0.3 is 0 Å². The fraction of sp³-hybridized carbons (Fsp3) is 0.188. The van der Waals surface area contributed by atoms with Crippen molar-refractivity contribution in [2.24, 2.45) is 0 Å². The first kappa shape index (κ1) is 15.4. The third kappa shape index (κ3) is 3.57. The predicted octanol–water partition coefficient (Wildman–Crippen LogP) is 4.36. The van der Waals surface area contributed by atoms with Crippen LogP contribution in [0.25, 0.3) is 11.1 Å². The molecular formula is C16H14Br2O2. The van der Waals surface area contributed by atoms with E-state index in [9.17, 15) is 9.90 Å². The third-order valence-corrected chi connectivity index (χ3v) is 4.23. The Bertz CT molecular complexity index is 576. The van der Waals surface area contributed by atoms with Gasteiger partial charge in [-0.1, -0.05) is 80.4 Å². The minimum Gasteiger partial charge on any atom is -0.388 e. The Balaban J connectivity index is 2.21. The number of benzene rings is 2. The van der Waals surface area contributed by atoms with Crippen LogP contribution >= 0.6 is 31.9 Å². The number of rotatable bonds is 5. The highest BCUT2D eigenvalue weighted by atomic mass is 79.9. The van der Waals surface area contributed by atoms with Gasteiger partial charge in [0.2, 0.25) is 0 Å². The van der Waals surface area contributed by atoms with E-state index < -0.39 is 6.10 Å². The number of halogens is 2. The zero-order chi connectivity index (χ0) is 14.5. The highest BCUT2D eigenvalue weighted by Crippen LogP contribution is 2.23. The van der Waals surface area contributed by atoms with Crippen molar-refractivity contribution in [2.75, 3.05) is 10.7 Å². The molecule has 2 aromatic rings. The molecule has 2 rings (SSSR count). The van der Waals surface area contributed by atoms with Crippen molar-refractivity contribution in [3.8, 4) is 11.1 Å². The molecule has 0 heterocycles. The van der Waals surface area contributed by atoms with Crippen LogP contribution in [-0.4, -0.2) is 21.5 Å². The normalized spacial score (nSPS) is 12.2. The Morgan fingerprint density at radius 2 is 1.45 bits per heavy atom. The maximum atomic E-state index is 11.5. The van der Waals surface area contributed by atoms with Crippen LogP contribution in [0.2, 0.25) is 0 Å². The molecular weight excluding hydrogens is 384 g/mol. The van der Waals surface area contributed by atoms with E-state index in [1.54, 1.807) is 0 Å². The van der Waals surface area contributed by atoms with Crippen LogP contribution in [0.3, 0.4) is 0 Å². The summed E-state index contributed by atoms with van der Waals surface area (Å²) >= 11 is 6.42. The van der Waals surface area contributed by atoms with E-state index in [4.69, 9.17) is 0 Å². The topological polar surface area (TPSA) is 37.3 Å². The molecule has 0 saturated heterocycles. The van der Waals surface area contributed by atoms with Gasteiger partial charge in [-0.3, -0.25) is 4.79 Å². The van der Waals surface area contributed by atoms with Gasteiger partial charge in [0.1, 0.15) is 0 Å². The van der Waals surface area contributed by atoms with E-state index in [1.165, 1.54) is 0 Å². The van der Waals surface area contributed by atoms with Gasteiger partial charge in [-0.2, -0.15) is 0 Å². The van der Waals surface area contributed by atoms with E-state index in [0.717, 1.165) is 16.7 Å². The number of carbonyl (C=O) groups is 1. The molecule has 104 valence electrons. The highest BCUT2D eigenvalue weighted by molar-refractivity contribution is 9.09. The van der Waals surface area contributed by atoms with E-state index in [-0.39, 0.29) is 5.78 Å². The van der Waals surface area contributed by atoms with Crippen molar-refractivity contribution in [3.05, 3.63) is 59.7 Å². The predicted molar refractivity (Wildman–Crippen MR) is 88.8 cm³/mol. The summed E-state index contributed by atoms with van der Waals surface area (Å²) in [4.78, 5) is 11.5. The molecule has 0 saturated carbocycles. The van der Waals surface area contributed by atoms with E-state index in [1.807, 2.05) is 48.5 Å². The second-order valence-electron chi connectivity index (χ2n) is 4.43. The first-order chi connectivity index (χ1) is 9.65. The summed E-state index contributed by atoms with van der Waals surface area (Å²) in [6, 6.07) is 15.3. The van der Waals surface area contributed by atoms with Crippen LogP contribution in [0.1, 0.15) is 22.0 Å². The average Bonchev–Trinajstić information content (AvgIpc) is 2.53. The lowest BCUT2D eigenvalue weighted by Gasteiger charge is -2.08. The number of carbonyl (C=O) groups excluding carboxylic acids is 1. The van der Waals surface area contributed by atoms with Crippen LogP contribution in [-0.2, 0) is 0 Å². The molecule has 0 aliphatic carbocycles. The molecule has 0 amide bonds. The molecule has 0 aliphatic rings. The Morgan fingerprint density at radius 3 is 1.90 bits per heavy atom. The molecule has 0 bridgehead atoms. The van der Waals surface area contributed by atoms with E-state index in [2.05, 4.69) is 31.9 Å². The number of alkyl halides is 2. The third-order valence-electron chi connectivity index (χ3n) is 3.10. The number of ketones is 1. The molecule has 1 atom stereocenters. The van der Waals surface area contributed by atoms with Gasteiger partial charge in [0, 0.05) is 10.9 Å². The van der Waals surface area contributed by atoms with Crippen LogP contribution in [0.5, 0.6) is 0 Å². The van der Waals surface area contributed by atoms with Gasteiger partial charge in [-0.15, -0.1) is 0 Å². The van der Waals surface area contributed by atoms with Gasteiger partial charge in [-0.25, -0.2) is 0 Å². The van der Waals surface area contributed by atoms with Crippen molar-refractivity contribution >= 4 is 37.6 Å². The van der Waals surface area contributed by atoms with E-state index in [0.29, 0.717) is 16.2 Å². The lowest BCUT2D eigenvalue weighted by Crippen LogP contribution is -1.99. The van der Waals surface area contributed by atoms with Crippen molar-refractivity contribution in [1.82, 2.24) is 0 Å². The highest BCUT2D eigenvalue weighted by Gasteiger charge is 2.07. The molecule has 0 aromatic heterocycles. The molecule has 4 heteroatoms. The maximum absolute atomic E-state index is 11.5. The quantitative estimate of drug-likeness (QED) is 0.601. The molecule has 0 spiro atoms. The zero-order valence-electron chi connectivity index (χ0n) is 10.7. The largest absolute Gasteiger partial charge is 0.388 e. The van der Waals surface area contributed by atoms with Crippen molar-refractivity contribution < 1.29 is 9.90 Å². The summed E-state index contributed by atoms with van der Waals surface area (Å²) in [5.41, 5.74) is 3.71. The molecule has 2 aromatic carbocycles. The van der Waals surface area contributed by atoms with Crippen LogP contribution < -0.4 is 0 Å². The summed E-state index contributed by atoms with van der Waals surface area (Å²) in [5, 5.41) is 10.6. The van der Waals surface area contributed by atoms with Crippen LogP contribution in [0.15, 0.2) is 48.5 Å². The number of Topliss-reactive ketones (excluding diaryl/α,β-unsaturated/α-hetero) is 1. The Labute approximate surface area is 135 Å². The average molecular weight is 398 g/mol. The second-order valence-corrected chi connectivity index (χ2v) is 5.63. The molecule has 0 fully saturated rings. The minimum absolute atomic E-state index is 0.0762. The van der Waals surface area contributed by atoms with E-state index >= 15 is 0 Å². The van der Waals surface area contributed by atoms with Crippen LogP contribution in [0, 0.1) is 0 Å².